The minimum atomic E-state index is -4.66. The molecule has 3 aromatic rings. The van der Waals surface area contributed by atoms with E-state index in [2.05, 4.69) is 9.97 Å². The van der Waals surface area contributed by atoms with Crippen LogP contribution in [-0.2, 0) is 18.0 Å². The average molecular weight is 516 g/mol. The van der Waals surface area contributed by atoms with Crippen LogP contribution in [0.1, 0.15) is 45.0 Å². The zero-order valence-electron chi connectivity index (χ0n) is 21.1. The van der Waals surface area contributed by atoms with Crippen molar-refractivity contribution in [1.82, 2.24) is 19.4 Å². The van der Waals surface area contributed by atoms with Gasteiger partial charge in [0, 0.05) is 37.3 Å². The number of carbonyl (C=O) groups excluding carboxylic acids is 1. The Morgan fingerprint density at radius 1 is 1.22 bits per heavy atom. The van der Waals surface area contributed by atoms with Crippen LogP contribution >= 0.6 is 0 Å². The van der Waals surface area contributed by atoms with Gasteiger partial charge in [0.25, 0.3) is 0 Å². The largest absolute Gasteiger partial charge is 0.493 e. The van der Waals surface area contributed by atoms with Gasteiger partial charge in [-0.1, -0.05) is 0 Å². The minimum absolute atomic E-state index is 0.0737. The van der Waals surface area contributed by atoms with Gasteiger partial charge in [0.2, 0.25) is 5.82 Å². The Balaban J connectivity index is 1.50. The number of aryl methyl sites for hydroxylation is 1. The van der Waals surface area contributed by atoms with Crippen molar-refractivity contribution in [3.8, 4) is 23.1 Å². The number of fused-ring (bicyclic) bond motifs is 1. The standard InChI is InChI=1S/C26H28F3N5O3/c1-25(2,3)37-24(35)34-11-7-16(15-34)9-12-36-20-6-5-17(13-19(20)26(27,28)29)22-18-8-10-33(4)23(18)32-21(14-30)31-22/h5-6,8,10,13,16H,7,9,11-12,15H2,1-4H3. The Hall–Kier alpha value is -3.81. The number of hydrogen-bond acceptors (Lipinski definition) is 6. The summed E-state index contributed by atoms with van der Waals surface area (Å²) in [5.41, 5.74) is -0.612. The van der Waals surface area contributed by atoms with E-state index in [4.69, 9.17) is 9.47 Å². The van der Waals surface area contributed by atoms with Gasteiger partial charge in [-0.25, -0.2) is 14.8 Å². The Kier molecular flexibility index (Phi) is 7.04. The van der Waals surface area contributed by atoms with E-state index in [9.17, 15) is 23.2 Å². The van der Waals surface area contributed by atoms with Crippen LogP contribution < -0.4 is 4.74 Å². The molecule has 0 N–H and O–H groups in total. The molecule has 1 aromatic carbocycles. The minimum Gasteiger partial charge on any atom is -0.493 e. The van der Waals surface area contributed by atoms with Gasteiger partial charge in [-0.3, -0.25) is 0 Å². The van der Waals surface area contributed by atoms with Crippen LogP contribution in [0.5, 0.6) is 5.75 Å². The molecule has 0 radical (unpaired) electrons. The van der Waals surface area contributed by atoms with Gasteiger partial charge in [0.05, 0.1) is 17.9 Å². The number of rotatable bonds is 5. The van der Waals surface area contributed by atoms with E-state index >= 15 is 0 Å². The third-order valence-corrected chi connectivity index (χ3v) is 6.10. The Bertz CT molecular complexity index is 1350. The van der Waals surface area contributed by atoms with Crippen molar-refractivity contribution in [1.29, 1.82) is 5.26 Å². The Labute approximate surface area is 212 Å². The molecule has 1 aliphatic heterocycles. The highest BCUT2D eigenvalue weighted by Crippen LogP contribution is 2.40. The molecular weight excluding hydrogens is 487 g/mol. The van der Waals surface area contributed by atoms with Crippen molar-refractivity contribution in [3.63, 3.8) is 0 Å². The van der Waals surface area contributed by atoms with E-state index in [0.29, 0.717) is 30.5 Å². The van der Waals surface area contributed by atoms with Gasteiger partial charge in [-0.05, 0) is 63.8 Å². The molecule has 11 heteroatoms. The Morgan fingerprint density at radius 2 is 1.97 bits per heavy atom. The molecule has 4 rings (SSSR count). The number of alkyl halides is 3. The zero-order valence-corrected chi connectivity index (χ0v) is 21.1. The first-order valence-corrected chi connectivity index (χ1v) is 11.9. The highest BCUT2D eigenvalue weighted by molar-refractivity contribution is 5.91. The summed E-state index contributed by atoms with van der Waals surface area (Å²) in [6.07, 6.45) is -2.11. The van der Waals surface area contributed by atoms with E-state index in [1.807, 2.05) is 6.07 Å². The van der Waals surface area contributed by atoms with Crippen molar-refractivity contribution in [2.24, 2.45) is 13.0 Å². The molecule has 1 fully saturated rings. The predicted molar refractivity (Wildman–Crippen MR) is 130 cm³/mol. The lowest BCUT2D eigenvalue weighted by molar-refractivity contribution is -0.138. The second kappa shape index (κ2) is 9.92. The van der Waals surface area contributed by atoms with Gasteiger partial charge in [-0.2, -0.15) is 18.4 Å². The fourth-order valence-corrected chi connectivity index (χ4v) is 4.33. The number of halogens is 3. The van der Waals surface area contributed by atoms with E-state index in [-0.39, 0.29) is 41.4 Å². The van der Waals surface area contributed by atoms with Crippen molar-refractivity contribution in [2.45, 2.75) is 45.4 Å². The third-order valence-electron chi connectivity index (χ3n) is 6.10. The summed E-state index contributed by atoms with van der Waals surface area (Å²) in [4.78, 5) is 22.2. The number of benzene rings is 1. The molecule has 2 aromatic heterocycles. The molecule has 8 nitrogen and oxygen atoms in total. The van der Waals surface area contributed by atoms with Crippen molar-refractivity contribution >= 4 is 17.1 Å². The van der Waals surface area contributed by atoms with E-state index < -0.39 is 17.3 Å². The molecule has 0 saturated carbocycles. The van der Waals surface area contributed by atoms with Crippen molar-refractivity contribution in [3.05, 3.63) is 41.9 Å². The molecule has 0 aliphatic carbocycles. The lowest BCUT2D eigenvalue weighted by Gasteiger charge is -2.24. The highest BCUT2D eigenvalue weighted by Gasteiger charge is 2.35. The number of ether oxygens (including phenoxy) is 2. The summed E-state index contributed by atoms with van der Waals surface area (Å²) in [6, 6.07) is 7.34. The van der Waals surface area contributed by atoms with Crippen LogP contribution in [0.2, 0.25) is 0 Å². The first-order chi connectivity index (χ1) is 17.4. The fraction of sp³-hybridized carbons (Fsp3) is 0.462. The summed E-state index contributed by atoms with van der Waals surface area (Å²) in [5, 5.41) is 9.84. The third kappa shape index (κ3) is 5.96. The van der Waals surface area contributed by atoms with Crippen LogP contribution in [0.25, 0.3) is 22.3 Å². The van der Waals surface area contributed by atoms with Crippen molar-refractivity contribution < 1.29 is 27.4 Å². The molecule has 0 bridgehead atoms. The molecule has 1 atom stereocenters. The lowest BCUT2D eigenvalue weighted by Crippen LogP contribution is -2.35. The summed E-state index contributed by atoms with van der Waals surface area (Å²) in [5.74, 6) is -0.301. The Morgan fingerprint density at radius 3 is 2.65 bits per heavy atom. The summed E-state index contributed by atoms with van der Waals surface area (Å²) in [6.45, 7) is 6.48. The number of likely N-dealkylation sites (tertiary alicyclic amines) is 1. The smallest absolute Gasteiger partial charge is 0.419 e. The zero-order chi connectivity index (χ0) is 27.0. The first kappa shape index (κ1) is 26.3. The van der Waals surface area contributed by atoms with E-state index in [1.165, 1.54) is 12.1 Å². The molecule has 1 aliphatic rings. The number of aromatic nitrogens is 3. The lowest BCUT2D eigenvalue weighted by atomic mass is 10.0. The number of carbonyl (C=O) groups is 1. The number of nitrogens with zero attached hydrogens (tertiary/aromatic N) is 5. The van der Waals surface area contributed by atoms with Gasteiger partial charge in [-0.15, -0.1) is 0 Å². The van der Waals surface area contributed by atoms with Gasteiger partial charge >= 0.3 is 12.3 Å². The van der Waals surface area contributed by atoms with Crippen LogP contribution in [0, 0.1) is 17.2 Å². The number of hydrogen-bond donors (Lipinski definition) is 0. The molecule has 37 heavy (non-hydrogen) atoms. The average Bonchev–Trinajstić information content (AvgIpc) is 3.44. The number of amides is 1. The first-order valence-electron chi connectivity index (χ1n) is 11.9. The van der Waals surface area contributed by atoms with Crippen molar-refractivity contribution in [2.75, 3.05) is 19.7 Å². The van der Waals surface area contributed by atoms with E-state index in [1.54, 1.807) is 49.5 Å². The van der Waals surface area contributed by atoms with Gasteiger partial charge in [0.1, 0.15) is 23.1 Å². The molecule has 1 amide bonds. The predicted octanol–water partition coefficient (Wildman–Crippen LogP) is 5.55. The second-order valence-corrected chi connectivity index (χ2v) is 10.1. The van der Waals surface area contributed by atoms with Crippen LogP contribution in [-0.4, -0.2) is 50.8 Å². The molecular formula is C26H28F3N5O3. The highest BCUT2D eigenvalue weighted by atomic mass is 19.4. The SMILES string of the molecule is Cn1ccc2c(-c3ccc(OCCC4CCN(C(=O)OC(C)(C)C)C4)c(C(F)(F)F)c3)nc(C#N)nc21. The van der Waals surface area contributed by atoms with E-state index in [0.717, 1.165) is 12.5 Å². The summed E-state index contributed by atoms with van der Waals surface area (Å²) in [7, 11) is 1.73. The molecule has 196 valence electrons. The quantitative estimate of drug-likeness (QED) is 0.442. The molecule has 1 saturated heterocycles. The van der Waals surface area contributed by atoms with Crippen LogP contribution in [0.15, 0.2) is 30.5 Å². The second-order valence-electron chi connectivity index (χ2n) is 10.1. The fourth-order valence-electron chi connectivity index (χ4n) is 4.33. The maximum Gasteiger partial charge on any atom is 0.419 e. The van der Waals surface area contributed by atoms with Gasteiger partial charge in [0.15, 0.2) is 0 Å². The maximum atomic E-state index is 14.0. The monoisotopic (exact) mass is 515 g/mol. The van der Waals surface area contributed by atoms with Gasteiger partial charge < -0.3 is 18.9 Å². The van der Waals surface area contributed by atoms with Crippen LogP contribution in [0.3, 0.4) is 0 Å². The summed E-state index contributed by atoms with van der Waals surface area (Å²) >= 11 is 0. The maximum absolute atomic E-state index is 14.0. The summed E-state index contributed by atoms with van der Waals surface area (Å²) < 4.78 is 54.6. The molecule has 0 spiro atoms. The number of nitriles is 1. The topological polar surface area (TPSA) is 93.3 Å². The molecule has 3 heterocycles. The normalized spacial score (nSPS) is 16.2. The van der Waals surface area contributed by atoms with Crippen LogP contribution in [0.4, 0.5) is 18.0 Å². The molecule has 1 unspecified atom stereocenters.